The molecule has 0 spiro atoms. The first kappa shape index (κ1) is 9.45. The highest BCUT2D eigenvalue weighted by molar-refractivity contribution is 5.85. The third-order valence-electron chi connectivity index (χ3n) is 2.10. The van der Waals surface area contributed by atoms with Crippen LogP contribution in [0.3, 0.4) is 0 Å². The van der Waals surface area contributed by atoms with Crippen molar-refractivity contribution in [2.75, 3.05) is 12.4 Å². The highest BCUT2D eigenvalue weighted by atomic mass is 16.5. The summed E-state index contributed by atoms with van der Waals surface area (Å²) in [5, 5.41) is 3.55. The van der Waals surface area contributed by atoms with E-state index < -0.39 is 0 Å². The minimum Gasteiger partial charge on any atom is -0.481 e. The van der Waals surface area contributed by atoms with E-state index in [2.05, 4.69) is 10.3 Å². The van der Waals surface area contributed by atoms with E-state index >= 15 is 0 Å². The minimum atomic E-state index is 0.582. The molecule has 0 saturated heterocycles. The highest BCUT2D eigenvalue weighted by Crippen LogP contribution is 2.19. The SMILES string of the molecule is COc1ccc2cc(NC=O)ccc2n1. The molecule has 0 aliphatic rings. The van der Waals surface area contributed by atoms with Gasteiger partial charge in [-0.3, -0.25) is 4.79 Å². The minimum absolute atomic E-state index is 0.582. The molecule has 0 aliphatic heterocycles. The summed E-state index contributed by atoms with van der Waals surface area (Å²) in [4.78, 5) is 14.5. The lowest BCUT2D eigenvalue weighted by Gasteiger charge is -2.03. The fourth-order valence-electron chi connectivity index (χ4n) is 1.38. The van der Waals surface area contributed by atoms with Crippen molar-refractivity contribution in [1.82, 2.24) is 4.98 Å². The lowest BCUT2D eigenvalue weighted by Crippen LogP contribution is -1.93. The molecule has 0 saturated carbocycles. The van der Waals surface area contributed by atoms with E-state index in [1.165, 1.54) is 0 Å². The smallest absolute Gasteiger partial charge is 0.213 e. The van der Waals surface area contributed by atoms with Gasteiger partial charge in [-0.25, -0.2) is 4.98 Å². The van der Waals surface area contributed by atoms with Crippen LogP contribution in [0.1, 0.15) is 0 Å². The predicted octanol–water partition coefficient (Wildman–Crippen LogP) is 1.81. The summed E-state index contributed by atoms with van der Waals surface area (Å²) >= 11 is 0. The molecular weight excluding hydrogens is 192 g/mol. The normalized spacial score (nSPS) is 9.93. The summed E-state index contributed by atoms with van der Waals surface area (Å²) in [5.41, 5.74) is 1.59. The van der Waals surface area contributed by atoms with Crippen molar-refractivity contribution < 1.29 is 9.53 Å². The molecule has 76 valence electrons. The van der Waals surface area contributed by atoms with Crippen molar-refractivity contribution in [3.05, 3.63) is 30.3 Å². The van der Waals surface area contributed by atoms with E-state index in [0.29, 0.717) is 12.3 Å². The van der Waals surface area contributed by atoms with E-state index in [-0.39, 0.29) is 0 Å². The molecule has 2 rings (SSSR count). The molecular formula is C11H10N2O2. The molecule has 0 atom stereocenters. The van der Waals surface area contributed by atoms with Crippen LogP contribution >= 0.6 is 0 Å². The second-order valence-corrected chi connectivity index (χ2v) is 3.02. The van der Waals surface area contributed by atoms with Crippen molar-refractivity contribution in [1.29, 1.82) is 0 Å². The fraction of sp³-hybridized carbons (Fsp3) is 0.0909. The molecule has 1 aromatic carbocycles. The molecule has 1 N–H and O–H groups in total. The van der Waals surface area contributed by atoms with Gasteiger partial charge in [-0.1, -0.05) is 0 Å². The van der Waals surface area contributed by atoms with Crippen molar-refractivity contribution in [2.24, 2.45) is 0 Å². The average Bonchev–Trinajstić information content (AvgIpc) is 2.29. The van der Waals surface area contributed by atoms with Gasteiger partial charge in [-0.15, -0.1) is 0 Å². The van der Waals surface area contributed by atoms with Gasteiger partial charge in [0, 0.05) is 17.1 Å². The molecule has 0 aliphatic carbocycles. The van der Waals surface area contributed by atoms with E-state index in [1.807, 2.05) is 18.2 Å². The van der Waals surface area contributed by atoms with Crippen LogP contribution in [0.5, 0.6) is 5.88 Å². The fourth-order valence-corrected chi connectivity index (χ4v) is 1.38. The van der Waals surface area contributed by atoms with Crippen molar-refractivity contribution in [2.45, 2.75) is 0 Å². The average molecular weight is 202 g/mol. The Morgan fingerprint density at radius 2 is 2.20 bits per heavy atom. The zero-order valence-electron chi connectivity index (χ0n) is 8.23. The first-order chi connectivity index (χ1) is 7.33. The number of nitrogens with zero attached hydrogens (tertiary/aromatic N) is 1. The number of rotatable bonds is 3. The number of anilines is 1. The Morgan fingerprint density at radius 1 is 1.33 bits per heavy atom. The molecule has 0 fully saturated rings. The number of pyridine rings is 1. The maximum absolute atomic E-state index is 10.3. The summed E-state index contributed by atoms with van der Waals surface area (Å²) in [5.74, 6) is 0.582. The van der Waals surface area contributed by atoms with Crippen LogP contribution in [-0.4, -0.2) is 18.5 Å². The van der Waals surface area contributed by atoms with E-state index in [0.717, 1.165) is 16.6 Å². The van der Waals surface area contributed by atoms with E-state index in [1.54, 1.807) is 19.2 Å². The third kappa shape index (κ3) is 1.88. The summed E-state index contributed by atoms with van der Waals surface area (Å²) in [6.07, 6.45) is 0.651. The Balaban J connectivity index is 2.49. The van der Waals surface area contributed by atoms with E-state index in [9.17, 15) is 4.79 Å². The quantitative estimate of drug-likeness (QED) is 0.772. The zero-order chi connectivity index (χ0) is 10.7. The number of carbonyl (C=O) groups excluding carboxylic acids is 1. The van der Waals surface area contributed by atoms with Gasteiger partial charge in [0.2, 0.25) is 12.3 Å². The van der Waals surface area contributed by atoms with Gasteiger partial charge in [-0.2, -0.15) is 0 Å². The topological polar surface area (TPSA) is 51.2 Å². The van der Waals surface area contributed by atoms with Gasteiger partial charge in [-0.05, 0) is 24.3 Å². The molecule has 0 radical (unpaired) electrons. The number of hydrogen-bond donors (Lipinski definition) is 1. The maximum Gasteiger partial charge on any atom is 0.213 e. The maximum atomic E-state index is 10.3. The highest BCUT2D eigenvalue weighted by Gasteiger charge is 1.99. The van der Waals surface area contributed by atoms with Gasteiger partial charge in [0.05, 0.1) is 12.6 Å². The van der Waals surface area contributed by atoms with Crippen molar-refractivity contribution in [3.8, 4) is 5.88 Å². The summed E-state index contributed by atoms with van der Waals surface area (Å²) in [6.45, 7) is 0. The predicted molar refractivity (Wildman–Crippen MR) is 58.0 cm³/mol. The lowest BCUT2D eigenvalue weighted by atomic mass is 10.2. The number of nitrogens with one attached hydrogen (secondary N) is 1. The lowest BCUT2D eigenvalue weighted by molar-refractivity contribution is -0.105. The largest absolute Gasteiger partial charge is 0.481 e. The first-order valence-electron chi connectivity index (χ1n) is 4.48. The number of ether oxygens (including phenoxy) is 1. The number of aromatic nitrogens is 1. The van der Waals surface area contributed by atoms with Gasteiger partial charge >= 0.3 is 0 Å². The summed E-state index contributed by atoms with van der Waals surface area (Å²) in [6, 6.07) is 9.17. The molecule has 1 aromatic heterocycles. The van der Waals surface area contributed by atoms with Crippen molar-refractivity contribution >= 4 is 23.0 Å². The Morgan fingerprint density at radius 3 is 2.93 bits per heavy atom. The molecule has 4 nitrogen and oxygen atoms in total. The summed E-state index contributed by atoms with van der Waals surface area (Å²) < 4.78 is 5.02. The number of hydrogen-bond acceptors (Lipinski definition) is 3. The van der Waals surface area contributed by atoms with Gasteiger partial charge in [0.15, 0.2) is 0 Å². The monoisotopic (exact) mass is 202 g/mol. The Bertz CT molecular complexity index is 497. The van der Waals surface area contributed by atoms with E-state index in [4.69, 9.17) is 4.74 Å². The van der Waals surface area contributed by atoms with Gasteiger partial charge in [0.1, 0.15) is 0 Å². The standard InChI is InChI=1S/C11H10N2O2/c1-15-11-5-2-8-6-9(12-7-14)3-4-10(8)13-11/h2-7H,1H3,(H,12,14). The van der Waals surface area contributed by atoms with Crippen LogP contribution in [0.25, 0.3) is 10.9 Å². The Kier molecular flexibility index (Phi) is 2.49. The molecule has 4 heteroatoms. The molecule has 0 unspecified atom stereocenters. The van der Waals surface area contributed by atoms with Crippen LogP contribution in [0.2, 0.25) is 0 Å². The number of fused-ring (bicyclic) bond motifs is 1. The second kappa shape index (κ2) is 3.96. The van der Waals surface area contributed by atoms with Crippen LogP contribution in [-0.2, 0) is 4.79 Å². The van der Waals surface area contributed by atoms with Crippen LogP contribution in [0.15, 0.2) is 30.3 Å². The molecule has 2 aromatic rings. The van der Waals surface area contributed by atoms with Crippen molar-refractivity contribution in [3.63, 3.8) is 0 Å². The zero-order valence-corrected chi connectivity index (χ0v) is 8.23. The molecule has 15 heavy (non-hydrogen) atoms. The molecule has 0 bridgehead atoms. The van der Waals surface area contributed by atoms with Crippen LogP contribution in [0, 0.1) is 0 Å². The van der Waals surface area contributed by atoms with Gasteiger partial charge < -0.3 is 10.1 Å². The number of benzene rings is 1. The Labute approximate surface area is 86.9 Å². The van der Waals surface area contributed by atoms with Crippen LogP contribution < -0.4 is 10.1 Å². The number of amides is 1. The Hall–Kier alpha value is -2.10. The number of methoxy groups -OCH3 is 1. The first-order valence-corrected chi connectivity index (χ1v) is 4.48. The molecule has 1 heterocycles. The third-order valence-corrected chi connectivity index (χ3v) is 2.10. The molecule has 1 amide bonds. The number of carbonyl (C=O) groups is 1. The van der Waals surface area contributed by atoms with Crippen LogP contribution in [0.4, 0.5) is 5.69 Å². The second-order valence-electron chi connectivity index (χ2n) is 3.02. The van der Waals surface area contributed by atoms with Gasteiger partial charge in [0.25, 0.3) is 0 Å². The summed E-state index contributed by atoms with van der Waals surface area (Å²) in [7, 11) is 1.58.